The first-order valence-corrected chi connectivity index (χ1v) is 10.3. The second-order valence-electron chi connectivity index (χ2n) is 6.77. The van der Waals surface area contributed by atoms with E-state index in [1.807, 2.05) is 25.7 Å². The lowest BCUT2D eigenvalue weighted by Gasteiger charge is -2.28. The summed E-state index contributed by atoms with van der Waals surface area (Å²) >= 11 is 8.75. The summed E-state index contributed by atoms with van der Waals surface area (Å²) in [7, 11) is 0. The zero-order valence-electron chi connectivity index (χ0n) is 13.8. The molecule has 0 spiro atoms. The van der Waals surface area contributed by atoms with Crippen molar-refractivity contribution in [2.75, 3.05) is 13.1 Å². The van der Waals surface area contributed by atoms with Crippen LogP contribution in [0.4, 0.5) is 4.79 Å². The van der Waals surface area contributed by atoms with Gasteiger partial charge < -0.3 is 15.0 Å². The van der Waals surface area contributed by atoms with Crippen LogP contribution < -0.4 is 5.32 Å². The van der Waals surface area contributed by atoms with E-state index in [4.69, 9.17) is 4.74 Å². The van der Waals surface area contributed by atoms with E-state index in [-0.39, 0.29) is 6.09 Å². The molecule has 2 heterocycles. The third kappa shape index (κ3) is 6.03. The summed E-state index contributed by atoms with van der Waals surface area (Å²) in [5.41, 5.74) is -0.428. The molecule has 130 valence electrons. The molecule has 2 rings (SSSR count). The predicted molar refractivity (Wildman–Crippen MR) is 102 cm³/mol. The number of halogens is 2. The average Bonchev–Trinajstić information content (AvgIpc) is 3.00. The van der Waals surface area contributed by atoms with E-state index in [2.05, 4.69) is 43.2 Å². The molecule has 1 amide bonds. The smallest absolute Gasteiger partial charge is 0.410 e. The van der Waals surface area contributed by atoms with Gasteiger partial charge in [-0.3, -0.25) is 0 Å². The molecular weight excluding hydrogens is 444 g/mol. The van der Waals surface area contributed by atoms with Crippen LogP contribution in [0.15, 0.2) is 14.3 Å². The summed E-state index contributed by atoms with van der Waals surface area (Å²) < 4.78 is 7.73. The van der Waals surface area contributed by atoms with Gasteiger partial charge >= 0.3 is 6.09 Å². The standard InChI is InChI=1S/C16H24Br2N2O2S/c1-16(2,3)22-15(21)20-8-4-5-11(20)6-7-19-10-12-9-13(17)14(18)23-12/h9,11,19H,4-8,10H2,1-3H3. The highest BCUT2D eigenvalue weighted by molar-refractivity contribution is 9.13. The Morgan fingerprint density at radius 2 is 2.22 bits per heavy atom. The molecule has 1 atom stereocenters. The van der Waals surface area contributed by atoms with E-state index in [1.165, 1.54) is 4.88 Å². The van der Waals surface area contributed by atoms with Gasteiger partial charge in [-0.15, -0.1) is 11.3 Å². The number of hydrogen-bond acceptors (Lipinski definition) is 4. The van der Waals surface area contributed by atoms with Crippen molar-refractivity contribution < 1.29 is 9.53 Å². The van der Waals surface area contributed by atoms with Gasteiger partial charge in [-0.2, -0.15) is 0 Å². The van der Waals surface area contributed by atoms with Gasteiger partial charge in [-0.05, 0) is 84.5 Å². The third-order valence-electron chi connectivity index (χ3n) is 3.65. The molecule has 1 aliphatic rings. The first-order valence-electron chi connectivity index (χ1n) is 7.90. The number of nitrogens with one attached hydrogen (secondary N) is 1. The lowest BCUT2D eigenvalue weighted by atomic mass is 10.1. The van der Waals surface area contributed by atoms with Crippen LogP contribution in [0.1, 0.15) is 44.9 Å². The fraction of sp³-hybridized carbons (Fsp3) is 0.688. The number of nitrogens with zero attached hydrogens (tertiary/aromatic N) is 1. The molecule has 1 aromatic heterocycles. The van der Waals surface area contributed by atoms with Gasteiger partial charge in [0.2, 0.25) is 0 Å². The van der Waals surface area contributed by atoms with E-state index in [0.717, 1.165) is 47.2 Å². The summed E-state index contributed by atoms with van der Waals surface area (Å²) in [5, 5.41) is 3.47. The molecule has 1 fully saturated rings. The molecular formula is C16H24Br2N2O2S. The van der Waals surface area contributed by atoms with Crippen LogP contribution in [-0.4, -0.2) is 35.7 Å². The number of thiophene rings is 1. The normalized spacial score (nSPS) is 18.5. The van der Waals surface area contributed by atoms with Crippen molar-refractivity contribution >= 4 is 49.3 Å². The molecule has 4 nitrogen and oxygen atoms in total. The molecule has 0 radical (unpaired) electrons. The molecule has 0 bridgehead atoms. The quantitative estimate of drug-likeness (QED) is 0.608. The van der Waals surface area contributed by atoms with Crippen LogP contribution >= 0.6 is 43.2 Å². The van der Waals surface area contributed by atoms with Crippen molar-refractivity contribution in [3.8, 4) is 0 Å². The number of hydrogen-bond donors (Lipinski definition) is 1. The summed E-state index contributed by atoms with van der Waals surface area (Å²) in [4.78, 5) is 15.4. The van der Waals surface area contributed by atoms with Crippen LogP contribution in [0, 0.1) is 0 Å². The molecule has 1 N–H and O–H groups in total. The molecule has 0 aliphatic carbocycles. The number of carbonyl (C=O) groups excluding carboxylic acids is 1. The Hall–Kier alpha value is -0.110. The Labute approximate surface area is 159 Å². The van der Waals surface area contributed by atoms with Gasteiger partial charge in [0.15, 0.2) is 0 Å². The monoisotopic (exact) mass is 466 g/mol. The van der Waals surface area contributed by atoms with Crippen LogP contribution in [0.25, 0.3) is 0 Å². The Kier molecular flexibility index (Phi) is 6.95. The van der Waals surface area contributed by atoms with Gasteiger partial charge in [0.1, 0.15) is 5.60 Å². The highest BCUT2D eigenvalue weighted by atomic mass is 79.9. The predicted octanol–water partition coefficient (Wildman–Crippen LogP) is 5.15. The highest BCUT2D eigenvalue weighted by Gasteiger charge is 2.31. The van der Waals surface area contributed by atoms with E-state index in [0.29, 0.717) is 6.04 Å². The number of likely N-dealkylation sites (tertiary alicyclic amines) is 1. The van der Waals surface area contributed by atoms with E-state index >= 15 is 0 Å². The van der Waals surface area contributed by atoms with Crippen LogP contribution in [0.3, 0.4) is 0 Å². The number of carbonyl (C=O) groups is 1. The van der Waals surface area contributed by atoms with Gasteiger partial charge in [0.05, 0.1) is 3.79 Å². The number of rotatable bonds is 5. The Balaban J connectivity index is 1.75. The molecule has 1 unspecified atom stereocenters. The maximum atomic E-state index is 12.2. The van der Waals surface area contributed by atoms with Gasteiger partial charge in [-0.1, -0.05) is 0 Å². The van der Waals surface area contributed by atoms with Crippen LogP contribution in [0.5, 0.6) is 0 Å². The molecule has 1 aromatic rings. The first kappa shape index (κ1) is 19.2. The molecule has 0 aromatic carbocycles. The van der Waals surface area contributed by atoms with E-state index < -0.39 is 5.60 Å². The molecule has 7 heteroatoms. The van der Waals surface area contributed by atoms with Crippen molar-refractivity contribution in [1.82, 2.24) is 10.2 Å². The zero-order valence-corrected chi connectivity index (χ0v) is 17.8. The fourth-order valence-electron chi connectivity index (χ4n) is 2.66. The lowest BCUT2D eigenvalue weighted by Crippen LogP contribution is -2.40. The highest BCUT2D eigenvalue weighted by Crippen LogP contribution is 2.32. The van der Waals surface area contributed by atoms with Crippen molar-refractivity contribution in [3.63, 3.8) is 0 Å². The molecule has 23 heavy (non-hydrogen) atoms. The minimum absolute atomic E-state index is 0.175. The first-order chi connectivity index (χ1) is 10.8. The minimum atomic E-state index is -0.428. The second-order valence-corrected chi connectivity index (χ2v) is 10.1. The van der Waals surface area contributed by atoms with E-state index in [9.17, 15) is 4.79 Å². The second kappa shape index (κ2) is 8.32. The minimum Gasteiger partial charge on any atom is -0.444 e. The average molecular weight is 468 g/mol. The Bertz CT molecular complexity index is 523. The maximum Gasteiger partial charge on any atom is 0.410 e. The summed E-state index contributed by atoms with van der Waals surface area (Å²) in [6, 6.07) is 2.42. The maximum absolute atomic E-state index is 12.2. The SMILES string of the molecule is CC(C)(C)OC(=O)N1CCCC1CCNCc1cc(Br)c(Br)s1. The fourth-order valence-corrected chi connectivity index (χ4v) is 4.80. The van der Waals surface area contributed by atoms with Gasteiger partial charge in [0.25, 0.3) is 0 Å². The van der Waals surface area contributed by atoms with Gasteiger partial charge in [0, 0.05) is 28.5 Å². The van der Waals surface area contributed by atoms with Crippen LogP contribution in [-0.2, 0) is 11.3 Å². The zero-order chi connectivity index (χ0) is 17.0. The Morgan fingerprint density at radius 3 is 2.83 bits per heavy atom. The van der Waals surface area contributed by atoms with Gasteiger partial charge in [-0.25, -0.2) is 4.79 Å². The molecule has 0 saturated carbocycles. The summed E-state index contributed by atoms with van der Waals surface area (Å²) in [6.45, 7) is 8.30. The topological polar surface area (TPSA) is 41.6 Å². The molecule has 1 aliphatic heterocycles. The number of ether oxygens (including phenoxy) is 1. The Morgan fingerprint density at radius 1 is 1.48 bits per heavy atom. The van der Waals surface area contributed by atoms with Crippen molar-refractivity contribution in [2.24, 2.45) is 0 Å². The number of amides is 1. The largest absolute Gasteiger partial charge is 0.444 e. The lowest BCUT2D eigenvalue weighted by molar-refractivity contribution is 0.0221. The van der Waals surface area contributed by atoms with Crippen molar-refractivity contribution in [1.29, 1.82) is 0 Å². The summed E-state index contributed by atoms with van der Waals surface area (Å²) in [5.74, 6) is 0. The van der Waals surface area contributed by atoms with E-state index in [1.54, 1.807) is 11.3 Å². The van der Waals surface area contributed by atoms with Crippen LogP contribution in [0.2, 0.25) is 0 Å². The van der Waals surface area contributed by atoms with Crippen molar-refractivity contribution in [3.05, 3.63) is 19.2 Å². The molecule has 1 saturated heterocycles. The third-order valence-corrected chi connectivity index (χ3v) is 6.91. The van der Waals surface area contributed by atoms with Crippen molar-refractivity contribution in [2.45, 2.75) is 58.2 Å². The summed E-state index contributed by atoms with van der Waals surface area (Å²) in [6.07, 6.45) is 2.92.